The second-order valence-electron chi connectivity index (χ2n) is 5.63. The lowest BCUT2D eigenvalue weighted by molar-refractivity contribution is 0.487. The summed E-state index contributed by atoms with van der Waals surface area (Å²) in [7, 11) is 0. The number of piperazine rings is 1. The number of rotatable bonds is 3. The number of pyridine rings is 1. The van der Waals surface area contributed by atoms with Crippen LogP contribution >= 0.6 is 0 Å². The van der Waals surface area contributed by atoms with Crippen LogP contribution in [-0.2, 0) is 0 Å². The molecule has 1 fully saturated rings. The second kappa shape index (κ2) is 6.26. The van der Waals surface area contributed by atoms with E-state index in [1.165, 1.54) is 5.69 Å². The smallest absolute Gasteiger partial charge is 0.153 e. The Morgan fingerprint density at radius 2 is 1.74 bits per heavy atom. The molecule has 1 N–H and O–H groups in total. The van der Waals surface area contributed by atoms with E-state index >= 15 is 0 Å². The fourth-order valence-corrected chi connectivity index (χ4v) is 3.01. The number of nitrogens with one attached hydrogen (secondary N) is 1. The highest BCUT2D eigenvalue weighted by Gasteiger charge is 2.15. The molecule has 1 aliphatic rings. The van der Waals surface area contributed by atoms with Crippen molar-refractivity contribution in [3.05, 3.63) is 60.8 Å². The van der Waals surface area contributed by atoms with Gasteiger partial charge in [-0.05, 0) is 24.3 Å². The first-order valence-electron chi connectivity index (χ1n) is 7.98. The average Bonchev–Trinajstić information content (AvgIpc) is 2.63. The molecule has 1 saturated heterocycles. The number of hydrogen-bond donors (Lipinski definition) is 1. The van der Waals surface area contributed by atoms with Crippen LogP contribution in [-0.4, -0.2) is 31.2 Å². The lowest BCUT2D eigenvalue weighted by Gasteiger charge is -2.30. The second-order valence-corrected chi connectivity index (χ2v) is 5.63. The highest BCUT2D eigenvalue weighted by atomic mass is 16.5. The first-order chi connectivity index (χ1) is 11.4. The molecular weight excluding hydrogens is 286 g/mol. The molecule has 116 valence electrons. The molecule has 0 aliphatic carbocycles. The number of fused-ring (bicyclic) bond motifs is 1. The Labute approximate surface area is 135 Å². The van der Waals surface area contributed by atoms with Gasteiger partial charge >= 0.3 is 0 Å². The molecular formula is C19H19N3O. The minimum absolute atomic E-state index is 0.797. The standard InChI is InChI=1S/C19H19N3O/c1-2-5-15(6-3-1)23-18-8-4-7-16-17(9-10-21-19(16)18)22-13-11-20-12-14-22/h1-10,20H,11-14H2. The van der Waals surface area contributed by atoms with Crippen molar-refractivity contribution in [3.8, 4) is 11.5 Å². The third-order valence-electron chi connectivity index (χ3n) is 4.14. The Kier molecular flexibility index (Phi) is 3.82. The van der Waals surface area contributed by atoms with Crippen molar-refractivity contribution in [1.82, 2.24) is 10.3 Å². The van der Waals surface area contributed by atoms with Gasteiger partial charge < -0.3 is 15.0 Å². The molecule has 1 aliphatic heterocycles. The van der Waals surface area contributed by atoms with Crippen LogP contribution in [0.15, 0.2) is 60.8 Å². The summed E-state index contributed by atoms with van der Waals surface area (Å²) in [5.41, 5.74) is 2.14. The monoisotopic (exact) mass is 305 g/mol. The van der Waals surface area contributed by atoms with Crippen molar-refractivity contribution in [2.75, 3.05) is 31.1 Å². The van der Waals surface area contributed by atoms with Crippen LogP contribution < -0.4 is 15.0 Å². The molecule has 4 nitrogen and oxygen atoms in total. The van der Waals surface area contributed by atoms with Gasteiger partial charge in [-0.2, -0.15) is 0 Å². The van der Waals surface area contributed by atoms with E-state index in [1.54, 1.807) is 0 Å². The van der Waals surface area contributed by atoms with Crippen molar-refractivity contribution >= 4 is 16.6 Å². The molecule has 4 heteroatoms. The summed E-state index contributed by atoms with van der Waals surface area (Å²) in [5, 5.41) is 4.54. The van der Waals surface area contributed by atoms with Crippen LogP contribution in [0.25, 0.3) is 10.9 Å². The van der Waals surface area contributed by atoms with E-state index in [4.69, 9.17) is 4.74 Å². The normalized spacial score (nSPS) is 14.9. The molecule has 3 aromatic rings. The minimum Gasteiger partial charge on any atom is -0.455 e. The Morgan fingerprint density at radius 3 is 2.57 bits per heavy atom. The van der Waals surface area contributed by atoms with Gasteiger partial charge in [0.2, 0.25) is 0 Å². The van der Waals surface area contributed by atoms with Crippen LogP contribution in [0, 0.1) is 0 Å². The third-order valence-corrected chi connectivity index (χ3v) is 4.14. The largest absolute Gasteiger partial charge is 0.455 e. The SMILES string of the molecule is c1ccc(Oc2cccc3c(N4CCNCC4)ccnc23)cc1. The lowest BCUT2D eigenvalue weighted by atomic mass is 10.1. The number of hydrogen-bond acceptors (Lipinski definition) is 4. The van der Waals surface area contributed by atoms with Crippen molar-refractivity contribution < 1.29 is 4.74 Å². The van der Waals surface area contributed by atoms with E-state index in [9.17, 15) is 0 Å². The maximum absolute atomic E-state index is 6.04. The Hall–Kier alpha value is -2.59. The Balaban J connectivity index is 1.75. The van der Waals surface area contributed by atoms with Gasteiger partial charge in [-0.3, -0.25) is 4.98 Å². The first kappa shape index (κ1) is 14.0. The van der Waals surface area contributed by atoms with Gasteiger partial charge in [0.25, 0.3) is 0 Å². The summed E-state index contributed by atoms with van der Waals surface area (Å²) in [6.45, 7) is 4.07. The summed E-state index contributed by atoms with van der Waals surface area (Å²) in [5.74, 6) is 1.63. The van der Waals surface area contributed by atoms with E-state index < -0.39 is 0 Å². The predicted octanol–water partition coefficient (Wildman–Crippen LogP) is 3.44. The first-order valence-corrected chi connectivity index (χ1v) is 7.98. The number of ether oxygens (including phenoxy) is 1. The molecule has 0 unspecified atom stereocenters. The van der Waals surface area contributed by atoms with Gasteiger partial charge in [-0.1, -0.05) is 30.3 Å². The molecule has 2 aromatic carbocycles. The van der Waals surface area contributed by atoms with Gasteiger partial charge in [0.1, 0.15) is 11.3 Å². The van der Waals surface area contributed by atoms with Crippen LogP contribution in [0.2, 0.25) is 0 Å². The number of benzene rings is 2. The quantitative estimate of drug-likeness (QED) is 0.804. The molecule has 2 heterocycles. The van der Waals surface area contributed by atoms with E-state index in [0.717, 1.165) is 48.6 Å². The van der Waals surface area contributed by atoms with E-state index in [1.807, 2.05) is 48.7 Å². The molecule has 0 spiro atoms. The highest BCUT2D eigenvalue weighted by molar-refractivity contribution is 5.95. The minimum atomic E-state index is 0.797. The number of nitrogens with zero attached hydrogens (tertiary/aromatic N) is 2. The summed E-state index contributed by atoms with van der Waals surface area (Å²) in [4.78, 5) is 6.98. The van der Waals surface area contributed by atoms with Gasteiger partial charge in [0.05, 0.1) is 0 Å². The number of para-hydroxylation sites is 2. The topological polar surface area (TPSA) is 37.4 Å². The predicted molar refractivity (Wildman–Crippen MR) is 93.3 cm³/mol. The molecule has 0 radical (unpaired) electrons. The van der Waals surface area contributed by atoms with Crippen LogP contribution in [0.3, 0.4) is 0 Å². The number of aromatic nitrogens is 1. The lowest BCUT2D eigenvalue weighted by Crippen LogP contribution is -2.43. The van der Waals surface area contributed by atoms with Gasteiger partial charge in [-0.25, -0.2) is 0 Å². The number of anilines is 1. The summed E-state index contributed by atoms with van der Waals surface area (Å²) in [6.07, 6.45) is 1.87. The fourth-order valence-electron chi connectivity index (χ4n) is 3.01. The molecule has 0 bridgehead atoms. The van der Waals surface area contributed by atoms with Crippen LogP contribution in [0.5, 0.6) is 11.5 Å². The maximum Gasteiger partial charge on any atom is 0.153 e. The summed E-state index contributed by atoms with van der Waals surface area (Å²) in [6, 6.07) is 18.1. The third kappa shape index (κ3) is 2.85. The fraction of sp³-hybridized carbons (Fsp3) is 0.211. The molecule has 23 heavy (non-hydrogen) atoms. The Morgan fingerprint density at radius 1 is 0.913 bits per heavy atom. The molecule has 0 atom stereocenters. The molecule has 0 saturated carbocycles. The van der Waals surface area contributed by atoms with Crippen LogP contribution in [0.1, 0.15) is 0 Å². The van der Waals surface area contributed by atoms with Gasteiger partial charge in [0, 0.05) is 43.4 Å². The van der Waals surface area contributed by atoms with Crippen molar-refractivity contribution in [3.63, 3.8) is 0 Å². The van der Waals surface area contributed by atoms with Crippen molar-refractivity contribution in [2.24, 2.45) is 0 Å². The van der Waals surface area contributed by atoms with E-state index in [0.29, 0.717) is 0 Å². The van der Waals surface area contributed by atoms with Gasteiger partial charge in [0.15, 0.2) is 5.75 Å². The zero-order valence-electron chi connectivity index (χ0n) is 12.9. The zero-order chi connectivity index (χ0) is 15.5. The maximum atomic E-state index is 6.04. The average molecular weight is 305 g/mol. The summed E-state index contributed by atoms with van der Waals surface area (Å²) >= 11 is 0. The highest BCUT2D eigenvalue weighted by Crippen LogP contribution is 2.33. The van der Waals surface area contributed by atoms with Crippen molar-refractivity contribution in [1.29, 1.82) is 0 Å². The van der Waals surface area contributed by atoms with Crippen LogP contribution in [0.4, 0.5) is 5.69 Å². The van der Waals surface area contributed by atoms with E-state index in [2.05, 4.69) is 27.3 Å². The van der Waals surface area contributed by atoms with Crippen molar-refractivity contribution in [2.45, 2.75) is 0 Å². The zero-order valence-corrected chi connectivity index (χ0v) is 12.9. The van der Waals surface area contributed by atoms with Gasteiger partial charge in [-0.15, -0.1) is 0 Å². The molecule has 0 amide bonds. The van der Waals surface area contributed by atoms with E-state index in [-0.39, 0.29) is 0 Å². The summed E-state index contributed by atoms with van der Waals surface area (Å²) < 4.78 is 6.04. The Bertz CT molecular complexity index is 798. The molecule has 4 rings (SSSR count). The molecule has 1 aromatic heterocycles.